The SMILES string of the molecule is CC1CCCC1NCCOCC(N)=O. The van der Waals surface area contributed by atoms with Gasteiger partial charge in [-0.2, -0.15) is 0 Å². The van der Waals surface area contributed by atoms with Crippen molar-refractivity contribution in [1.29, 1.82) is 0 Å². The molecule has 1 saturated carbocycles. The molecule has 4 nitrogen and oxygen atoms in total. The smallest absolute Gasteiger partial charge is 0.243 e. The van der Waals surface area contributed by atoms with Gasteiger partial charge in [0.15, 0.2) is 0 Å². The molecular weight excluding hydrogens is 180 g/mol. The van der Waals surface area contributed by atoms with Crippen LogP contribution in [0.3, 0.4) is 0 Å². The monoisotopic (exact) mass is 200 g/mol. The van der Waals surface area contributed by atoms with Crippen molar-refractivity contribution in [3.63, 3.8) is 0 Å². The summed E-state index contributed by atoms with van der Waals surface area (Å²) in [6.07, 6.45) is 3.90. The van der Waals surface area contributed by atoms with Crippen LogP contribution in [0.4, 0.5) is 0 Å². The van der Waals surface area contributed by atoms with Crippen LogP contribution < -0.4 is 11.1 Å². The predicted molar refractivity (Wildman–Crippen MR) is 54.8 cm³/mol. The first-order chi connectivity index (χ1) is 6.70. The van der Waals surface area contributed by atoms with E-state index in [0.717, 1.165) is 12.5 Å². The predicted octanol–water partition coefficient (Wildman–Crippen LogP) is 0.267. The molecule has 1 amide bonds. The van der Waals surface area contributed by atoms with Gasteiger partial charge >= 0.3 is 0 Å². The van der Waals surface area contributed by atoms with Crippen LogP contribution in [0, 0.1) is 5.92 Å². The lowest BCUT2D eigenvalue weighted by molar-refractivity contribution is -0.122. The van der Waals surface area contributed by atoms with Crippen LogP contribution in [-0.4, -0.2) is 31.7 Å². The number of carbonyl (C=O) groups is 1. The highest BCUT2D eigenvalue weighted by atomic mass is 16.5. The number of amides is 1. The van der Waals surface area contributed by atoms with E-state index < -0.39 is 5.91 Å². The Labute approximate surface area is 85.2 Å². The zero-order valence-electron chi connectivity index (χ0n) is 8.79. The normalized spacial score (nSPS) is 26.6. The molecule has 1 fully saturated rings. The lowest BCUT2D eigenvalue weighted by Crippen LogP contribution is -2.34. The Kier molecular flexibility index (Phi) is 4.90. The Bertz CT molecular complexity index is 185. The Morgan fingerprint density at radius 1 is 1.57 bits per heavy atom. The molecule has 1 rings (SSSR count). The summed E-state index contributed by atoms with van der Waals surface area (Å²) in [5.74, 6) is 0.366. The number of rotatable bonds is 6. The van der Waals surface area contributed by atoms with Crippen LogP contribution in [0.1, 0.15) is 26.2 Å². The third-order valence-corrected chi connectivity index (χ3v) is 2.76. The van der Waals surface area contributed by atoms with Gasteiger partial charge in [0.05, 0.1) is 6.61 Å². The van der Waals surface area contributed by atoms with Gasteiger partial charge in [-0.3, -0.25) is 4.79 Å². The minimum atomic E-state index is -0.403. The van der Waals surface area contributed by atoms with E-state index >= 15 is 0 Å². The fraction of sp³-hybridized carbons (Fsp3) is 0.900. The Balaban J connectivity index is 1.95. The summed E-state index contributed by atoms with van der Waals surface area (Å²) in [7, 11) is 0. The molecule has 0 aromatic rings. The quantitative estimate of drug-likeness (QED) is 0.605. The lowest BCUT2D eigenvalue weighted by Gasteiger charge is -2.16. The molecule has 0 aromatic carbocycles. The summed E-state index contributed by atoms with van der Waals surface area (Å²) >= 11 is 0. The van der Waals surface area contributed by atoms with Gasteiger partial charge in [-0.25, -0.2) is 0 Å². The van der Waals surface area contributed by atoms with Crippen molar-refractivity contribution in [3.8, 4) is 0 Å². The second-order valence-electron chi connectivity index (χ2n) is 3.99. The summed E-state index contributed by atoms with van der Waals surface area (Å²) in [5.41, 5.74) is 4.93. The van der Waals surface area contributed by atoms with Crippen LogP contribution >= 0.6 is 0 Å². The third-order valence-electron chi connectivity index (χ3n) is 2.76. The topological polar surface area (TPSA) is 64.3 Å². The Morgan fingerprint density at radius 2 is 2.36 bits per heavy atom. The van der Waals surface area contributed by atoms with Crippen LogP contribution in [0.15, 0.2) is 0 Å². The lowest BCUT2D eigenvalue weighted by atomic mass is 10.1. The van der Waals surface area contributed by atoms with Crippen molar-refractivity contribution in [2.24, 2.45) is 11.7 Å². The number of hydrogen-bond donors (Lipinski definition) is 2. The molecule has 3 N–H and O–H groups in total. The van der Waals surface area contributed by atoms with Gasteiger partial charge in [0.2, 0.25) is 5.91 Å². The van der Waals surface area contributed by atoms with Gasteiger partial charge in [-0.15, -0.1) is 0 Å². The Hall–Kier alpha value is -0.610. The van der Waals surface area contributed by atoms with Gasteiger partial charge < -0.3 is 15.8 Å². The average Bonchev–Trinajstić information content (AvgIpc) is 2.51. The van der Waals surface area contributed by atoms with Crippen LogP contribution in [0.25, 0.3) is 0 Å². The number of nitrogens with two attached hydrogens (primary N) is 1. The van der Waals surface area contributed by atoms with Crippen molar-refractivity contribution in [2.45, 2.75) is 32.2 Å². The molecule has 1 aliphatic carbocycles. The highest BCUT2D eigenvalue weighted by Gasteiger charge is 2.21. The van der Waals surface area contributed by atoms with Gasteiger partial charge in [0.1, 0.15) is 6.61 Å². The summed E-state index contributed by atoms with van der Waals surface area (Å²) in [4.78, 5) is 10.3. The van der Waals surface area contributed by atoms with Gasteiger partial charge in [0, 0.05) is 12.6 Å². The molecule has 4 heteroatoms. The largest absolute Gasteiger partial charge is 0.370 e. The van der Waals surface area contributed by atoms with E-state index in [1.807, 2.05) is 0 Å². The van der Waals surface area contributed by atoms with Crippen molar-refractivity contribution in [1.82, 2.24) is 5.32 Å². The first-order valence-electron chi connectivity index (χ1n) is 5.29. The molecule has 2 atom stereocenters. The van der Waals surface area contributed by atoms with E-state index in [4.69, 9.17) is 10.5 Å². The van der Waals surface area contributed by atoms with E-state index in [1.165, 1.54) is 19.3 Å². The second kappa shape index (κ2) is 5.98. The molecule has 1 aliphatic rings. The van der Waals surface area contributed by atoms with E-state index in [2.05, 4.69) is 12.2 Å². The molecule has 0 heterocycles. The molecule has 2 unspecified atom stereocenters. The summed E-state index contributed by atoms with van der Waals surface area (Å²) in [6, 6.07) is 0.632. The van der Waals surface area contributed by atoms with Crippen LogP contribution in [0.5, 0.6) is 0 Å². The number of primary amides is 1. The maximum Gasteiger partial charge on any atom is 0.243 e. The summed E-state index contributed by atoms with van der Waals surface area (Å²) in [5, 5.41) is 3.43. The van der Waals surface area contributed by atoms with E-state index in [-0.39, 0.29) is 6.61 Å². The highest BCUT2D eigenvalue weighted by molar-refractivity contribution is 5.74. The first-order valence-corrected chi connectivity index (χ1v) is 5.29. The molecule has 0 radical (unpaired) electrons. The molecule has 0 saturated heterocycles. The number of nitrogens with one attached hydrogen (secondary N) is 1. The molecule has 0 bridgehead atoms. The zero-order valence-corrected chi connectivity index (χ0v) is 8.79. The van der Waals surface area contributed by atoms with Gasteiger partial charge in [-0.05, 0) is 18.8 Å². The number of hydrogen-bond acceptors (Lipinski definition) is 3. The molecule has 14 heavy (non-hydrogen) atoms. The number of ether oxygens (including phenoxy) is 1. The van der Waals surface area contributed by atoms with Gasteiger partial charge in [0.25, 0.3) is 0 Å². The molecule has 0 aromatic heterocycles. The Morgan fingerprint density at radius 3 is 2.93 bits per heavy atom. The standard InChI is InChI=1S/C10H20N2O2/c1-8-3-2-4-9(8)12-5-6-14-7-10(11)13/h8-9,12H,2-7H2,1H3,(H2,11,13). The molecule has 0 aliphatic heterocycles. The molecule has 82 valence electrons. The maximum absolute atomic E-state index is 10.3. The van der Waals surface area contributed by atoms with Crippen molar-refractivity contribution in [3.05, 3.63) is 0 Å². The minimum absolute atomic E-state index is 0.0297. The van der Waals surface area contributed by atoms with E-state index in [0.29, 0.717) is 12.6 Å². The fourth-order valence-electron chi connectivity index (χ4n) is 1.94. The molecule has 0 spiro atoms. The van der Waals surface area contributed by atoms with E-state index in [1.54, 1.807) is 0 Å². The summed E-state index contributed by atoms with van der Waals surface area (Å²) in [6.45, 7) is 3.67. The fourth-order valence-corrected chi connectivity index (χ4v) is 1.94. The van der Waals surface area contributed by atoms with Crippen LogP contribution in [0.2, 0.25) is 0 Å². The van der Waals surface area contributed by atoms with Crippen molar-refractivity contribution < 1.29 is 9.53 Å². The summed E-state index contributed by atoms with van der Waals surface area (Å²) < 4.78 is 5.05. The zero-order chi connectivity index (χ0) is 10.4. The van der Waals surface area contributed by atoms with Crippen LogP contribution in [-0.2, 0) is 9.53 Å². The maximum atomic E-state index is 10.3. The first kappa shape index (κ1) is 11.5. The average molecular weight is 200 g/mol. The second-order valence-corrected chi connectivity index (χ2v) is 3.99. The third kappa shape index (κ3) is 4.07. The van der Waals surface area contributed by atoms with Crippen molar-refractivity contribution >= 4 is 5.91 Å². The van der Waals surface area contributed by atoms with E-state index in [9.17, 15) is 4.79 Å². The highest BCUT2D eigenvalue weighted by Crippen LogP contribution is 2.24. The minimum Gasteiger partial charge on any atom is -0.370 e. The molecular formula is C10H20N2O2. The number of carbonyl (C=O) groups excluding carboxylic acids is 1. The van der Waals surface area contributed by atoms with Gasteiger partial charge in [-0.1, -0.05) is 13.3 Å². The van der Waals surface area contributed by atoms with Crippen molar-refractivity contribution in [2.75, 3.05) is 19.8 Å².